The molecule has 1 aliphatic rings. The molecule has 0 fully saturated rings. The fourth-order valence-electron chi connectivity index (χ4n) is 2.41. The van der Waals surface area contributed by atoms with E-state index in [9.17, 15) is 4.79 Å². The van der Waals surface area contributed by atoms with Crippen molar-refractivity contribution in [1.82, 2.24) is 4.90 Å². The lowest BCUT2D eigenvalue weighted by Crippen LogP contribution is -2.41. The van der Waals surface area contributed by atoms with Gasteiger partial charge in [0.25, 0.3) is 0 Å². The average Bonchev–Trinajstić information content (AvgIpc) is 2.39. The Hall–Kier alpha value is -1.51. The Balaban J connectivity index is 2.09. The highest BCUT2D eigenvalue weighted by Crippen LogP contribution is 2.25. The summed E-state index contributed by atoms with van der Waals surface area (Å²) in [5.74, 6) is 0.363. The van der Waals surface area contributed by atoms with Gasteiger partial charge in [-0.05, 0) is 31.9 Å². The van der Waals surface area contributed by atoms with E-state index in [-0.39, 0.29) is 11.8 Å². The first-order valence-electron chi connectivity index (χ1n) is 6.36. The number of fused-ring (bicyclic) bond motifs is 1. The highest BCUT2D eigenvalue weighted by Gasteiger charge is 2.26. The molecule has 0 aromatic heterocycles. The first-order chi connectivity index (χ1) is 8.26. The Kier molecular flexibility index (Phi) is 3.67. The van der Waals surface area contributed by atoms with Crippen molar-refractivity contribution >= 4 is 11.6 Å². The zero-order chi connectivity index (χ0) is 12.3. The molecule has 1 aliphatic heterocycles. The Labute approximate surface area is 103 Å². The molecule has 0 aliphatic carbocycles. The lowest BCUT2D eigenvalue weighted by molar-refractivity contribution is -0.134. The van der Waals surface area contributed by atoms with Crippen LogP contribution in [-0.2, 0) is 11.2 Å². The first-order valence-corrected chi connectivity index (χ1v) is 6.36. The molecule has 0 spiro atoms. The summed E-state index contributed by atoms with van der Waals surface area (Å²) in [6.07, 6.45) is 0.860. The van der Waals surface area contributed by atoms with E-state index in [0.717, 1.165) is 26.1 Å². The molecule has 17 heavy (non-hydrogen) atoms. The Morgan fingerprint density at radius 3 is 2.76 bits per heavy atom. The normalized spacial score (nSPS) is 18.1. The van der Waals surface area contributed by atoms with E-state index in [2.05, 4.69) is 17.4 Å². The summed E-state index contributed by atoms with van der Waals surface area (Å²) in [6, 6.07) is 8.24. The monoisotopic (exact) mass is 232 g/mol. The fraction of sp³-hybridized carbons (Fsp3) is 0.500. The third kappa shape index (κ3) is 2.43. The van der Waals surface area contributed by atoms with E-state index in [1.807, 2.05) is 30.9 Å². The van der Waals surface area contributed by atoms with Crippen molar-refractivity contribution in [2.24, 2.45) is 5.92 Å². The zero-order valence-electron chi connectivity index (χ0n) is 10.6. The number of anilines is 1. The smallest absolute Gasteiger partial charge is 0.227 e. The quantitative estimate of drug-likeness (QED) is 0.866. The number of carbonyl (C=O) groups excluding carboxylic acids is 1. The summed E-state index contributed by atoms with van der Waals surface area (Å²) >= 11 is 0. The summed E-state index contributed by atoms with van der Waals surface area (Å²) in [7, 11) is 0. The molecule has 1 heterocycles. The van der Waals surface area contributed by atoms with Crippen LogP contribution in [-0.4, -0.2) is 30.4 Å². The van der Waals surface area contributed by atoms with E-state index in [1.54, 1.807) is 0 Å². The van der Waals surface area contributed by atoms with Crippen molar-refractivity contribution in [2.45, 2.75) is 20.3 Å². The van der Waals surface area contributed by atoms with Crippen molar-refractivity contribution in [3.05, 3.63) is 29.8 Å². The number of carbonyl (C=O) groups is 1. The molecule has 1 amide bonds. The molecule has 1 unspecified atom stereocenters. The van der Waals surface area contributed by atoms with Crippen molar-refractivity contribution in [2.75, 3.05) is 25.0 Å². The Bertz CT molecular complexity index is 399. The maximum Gasteiger partial charge on any atom is 0.227 e. The van der Waals surface area contributed by atoms with Crippen molar-refractivity contribution in [3.63, 3.8) is 0 Å². The van der Waals surface area contributed by atoms with Gasteiger partial charge in [0.05, 0.1) is 5.92 Å². The standard InChI is InChI=1S/C14H20N2O/c1-3-16(4-2)14(17)12-9-11-7-5-6-8-13(11)15-10-12/h5-8,12,15H,3-4,9-10H2,1-2H3. The van der Waals surface area contributed by atoms with Crippen LogP contribution >= 0.6 is 0 Å². The number of nitrogens with zero attached hydrogens (tertiary/aromatic N) is 1. The molecule has 0 radical (unpaired) electrons. The summed E-state index contributed by atoms with van der Waals surface area (Å²) in [5, 5.41) is 3.35. The summed E-state index contributed by atoms with van der Waals surface area (Å²) in [4.78, 5) is 14.2. The molecule has 3 nitrogen and oxygen atoms in total. The maximum atomic E-state index is 12.3. The molecule has 1 aromatic rings. The Morgan fingerprint density at radius 2 is 2.06 bits per heavy atom. The number of hydrogen-bond acceptors (Lipinski definition) is 2. The largest absolute Gasteiger partial charge is 0.384 e. The van der Waals surface area contributed by atoms with Gasteiger partial charge < -0.3 is 10.2 Å². The van der Waals surface area contributed by atoms with Crippen LogP contribution in [0.2, 0.25) is 0 Å². The molecule has 1 aromatic carbocycles. The Morgan fingerprint density at radius 1 is 1.35 bits per heavy atom. The van der Waals surface area contributed by atoms with E-state index in [1.165, 1.54) is 11.3 Å². The maximum absolute atomic E-state index is 12.3. The van der Waals surface area contributed by atoms with E-state index in [4.69, 9.17) is 0 Å². The minimum absolute atomic E-state index is 0.0878. The third-order valence-corrected chi connectivity index (χ3v) is 3.45. The van der Waals surface area contributed by atoms with Crippen LogP contribution in [0, 0.1) is 5.92 Å². The van der Waals surface area contributed by atoms with E-state index < -0.39 is 0 Å². The van der Waals surface area contributed by atoms with Crippen LogP contribution in [0.5, 0.6) is 0 Å². The first kappa shape index (κ1) is 12.0. The summed E-state index contributed by atoms with van der Waals surface area (Å²) in [5.41, 5.74) is 2.43. The van der Waals surface area contributed by atoms with Crippen molar-refractivity contribution in [3.8, 4) is 0 Å². The average molecular weight is 232 g/mol. The SMILES string of the molecule is CCN(CC)C(=O)C1CNc2ccccc2C1. The summed E-state index contributed by atoms with van der Waals surface area (Å²) in [6.45, 7) is 6.42. The molecule has 92 valence electrons. The lowest BCUT2D eigenvalue weighted by atomic mass is 9.93. The highest BCUT2D eigenvalue weighted by molar-refractivity contribution is 5.81. The number of rotatable bonds is 3. The number of para-hydroxylation sites is 1. The van der Waals surface area contributed by atoms with Gasteiger partial charge in [-0.2, -0.15) is 0 Å². The topological polar surface area (TPSA) is 32.3 Å². The molecular formula is C14H20N2O. The van der Waals surface area contributed by atoms with Gasteiger partial charge in [0.2, 0.25) is 5.91 Å². The van der Waals surface area contributed by atoms with Gasteiger partial charge in [-0.25, -0.2) is 0 Å². The van der Waals surface area contributed by atoms with Gasteiger partial charge in [-0.15, -0.1) is 0 Å². The predicted octanol–water partition coefficient (Wildman–Crippen LogP) is 2.14. The van der Waals surface area contributed by atoms with Crippen LogP contribution < -0.4 is 5.32 Å². The van der Waals surface area contributed by atoms with Gasteiger partial charge in [-0.3, -0.25) is 4.79 Å². The molecular weight excluding hydrogens is 212 g/mol. The molecule has 0 bridgehead atoms. The van der Waals surface area contributed by atoms with E-state index >= 15 is 0 Å². The van der Waals surface area contributed by atoms with E-state index in [0.29, 0.717) is 0 Å². The van der Waals surface area contributed by atoms with Crippen LogP contribution in [0.15, 0.2) is 24.3 Å². The minimum Gasteiger partial charge on any atom is -0.384 e. The van der Waals surface area contributed by atoms with Crippen molar-refractivity contribution < 1.29 is 4.79 Å². The molecule has 2 rings (SSSR count). The summed E-state index contributed by atoms with van der Waals surface area (Å²) < 4.78 is 0. The fourth-order valence-corrected chi connectivity index (χ4v) is 2.41. The van der Waals surface area contributed by atoms with Crippen LogP contribution in [0.25, 0.3) is 0 Å². The predicted molar refractivity (Wildman–Crippen MR) is 70.1 cm³/mol. The molecule has 0 saturated heterocycles. The number of benzene rings is 1. The van der Waals surface area contributed by atoms with Gasteiger partial charge in [0.1, 0.15) is 0 Å². The zero-order valence-corrected chi connectivity index (χ0v) is 10.6. The minimum atomic E-state index is 0.0878. The second-order valence-electron chi connectivity index (χ2n) is 4.45. The highest BCUT2D eigenvalue weighted by atomic mass is 16.2. The molecule has 1 N–H and O–H groups in total. The van der Waals surface area contributed by atoms with Gasteiger partial charge in [0.15, 0.2) is 0 Å². The third-order valence-electron chi connectivity index (χ3n) is 3.45. The van der Waals surface area contributed by atoms with Crippen LogP contribution in [0.4, 0.5) is 5.69 Å². The molecule has 3 heteroatoms. The number of amides is 1. The van der Waals surface area contributed by atoms with Crippen LogP contribution in [0.3, 0.4) is 0 Å². The van der Waals surface area contributed by atoms with Gasteiger partial charge in [0, 0.05) is 25.3 Å². The molecule has 0 saturated carbocycles. The number of nitrogens with one attached hydrogen (secondary N) is 1. The van der Waals surface area contributed by atoms with Crippen molar-refractivity contribution in [1.29, 1.82) is 0 Å². The van der Waals surface area contributed by atoms with Gasteiger partial charge >= 0.3 is 0 Å². The second-order valence-corrected chi connectivity index (χ2v) is 4.45. The van der Waals surface area contributed by atoms with Gasteiger partial charge in [-0.1, -0.05) is 18.2 Å². The van der Waals surface area contributed by atoms with Crippen LogP contribution in [0.1, 0.15) is 19.4 Å². The molecule has 1 atom stereocenters. The number of hydrogen-bond donors (Lipinski definition) is 1. The second kappa shape index (κ2) is 5.21. The lowest BCUT2D eigenvalue weighted by Gasteiger charge is -2.29.